The van der Waals surface area contributed by atoms with E-state index in [0.717, 1.165) is 37.0 Å². The molecule has 3 saturated carbocycles. The van der Waals surface area contributed by atoms with Crippen molar-refractivity contribution < 1.29 is 4.79 Å². The molecule has 0 aliphatic heterocycles. The smallest absolute Gasteiger partial charge is 0.155 e. The molecule has 4 heteroatoms. The van der Waals surface area contributed by atoms with Crippen LogP contribution in [0.1, 0.15) is 65.2 Å². The van der Waals surface area contributed by atoms with Crippen LogP contribution in [0.15, 0.2) is 16.8 Å². The summed E-state index contributed by atoms with van der Waals surface area (Å²) in [7, 11) is 0. The van der Waals surface area contributed by atoms with E-state index >= 15 is 0 Å². The van der Waals surface area contributed by atoms with Gasteiger partial charge >= 0.3 is 0 Å². The zero-order valence-corrected chi connectivity index (χ0v) is 15.0. The van der Waals surface area contributed by atoms with Crippen molar-refractivity contribution in [1.29, 1.82) is 0 Å². The lowest BCUT2D eigenvalue weighted by atomic mass is 9.47. The van der Waals surface area contributed by atoms with Crippen molar-refractivity contribution in [2.75, 3.05) is 6.54 Å². The zero-order chi connectivity index (χ0) is 16.9. The van der Waals surface area contributed by atoms with Crippen LogP contribution in [0.3, 0.4) is 0 Å². The molecule has 0 aromatic rings. The summed E-state index contributed by atoms with van der Waals surface area (Å²) in [6.45, 7) is 5.59. The van der Waals surface area contributed by atoms with Gasteiger partial charge in [-0.1, -0.05) is 24.5 Å². The Hall–Kier alpha value is -1.28. The molecular formula is C20H29N3O. The molecule has 4 aliphatic carbocycles. The Kier molecular flexibility index (Phi) is 3.80. The first-order valence-electron chi connectivity index (χ1n) is 9.74. The van der Waals surface area contributed by atoms with Gasteiger partial charge in [-0.15, -0.1) is 0 Å². The van der Waals surface area contributed by atoms with Crippen molar-refractivity contribution in [2.45, 2.75) is 65.2 Å². The molecule has 0 radical (unpaired) electrons. The fourth-order valence-electron chi connectivity index (χ4n) is 7.10. The van der Waals surface area contributed by atoms with Crippen LogP contribution < -0.4 is 0 Å². The molecule has 6 atom stereocenters. The van der Waals surface area contributed by atoms with E-state index in [0.29, 0.717) is 23.7 Å². The van der Waals surface area contributed by atoms with Gasteiger partial charge in [-0.2, -0.15) is 0 Å². The number of rotatable bonds is 2. The van der Waals surface area contributed by atoms with Gasteiger partial charge in [-0.3, -0.25) is 4.79 Å². The summed E-state index contributed by atoms with van der Waals surface area (Å²) in [6.07, 6.45) is 11.2. The Morgan fingerprint density at radius 3 is 2.79 bits per heavy atom. The number of hydrogen-bond acceptors (Lipinski definition) is 2. The maximum absolute atomic E-state index is 11.9. The summed E-state index contributed by atoms with van der Waals surface area (Å²) in [4.78, 5) is 14.9. The molecule has 0 amide bonds. The van der Waals surface area contributed by atoms with Crippen LogP contribution in [0.25, 0.3) is 10.4 Å². The lowest BCUT2D eigenvalue weighted by Gasteiger charge is -2.58. The predicted octanol–water partition coefficient (Wildman–Crippen LogP) is 5.44. The van der Waals surface area contributed by atoms with Crippen molar-refractivity contribution in [3.05, 3.63) is 22.1 Å². The molecule has 3 fully saturated rings. The molecule has 24 heavy (non-hydrogen) atoms. The molecular weight excluding hydrogens is 298 g/mol. The standard InChI is InChI=1S/C20H29N3O/c1-19-9-7-15(24)11-13(19)3-5-16-17-6-4-14(12-22-23-21)20(17,2)10-8-18(16)19/h11,14,16-18H,3-10,12H2,1-2H3. The van der Waals surface area contributed by atoms with Crippen LogP contribution >= 0.6 is 0 Å². The van der Waals surface area contributed by atoms with Gasteiger partial charge in [0, 0.05) is 17.9 Å². The summed E-state index contributed by atoms with van der Waals surface area (Å²) in [6, 6.07) is 0. The van der Waals surface area contributed by atoms with E-state index in [1.54, 1.807) is 0 Å². The first-order valence-corrected chi connectivity index (χ1v) is 9.74. The van der Waals surface area contributed by atoms with Gasteiger partial charge in [0.25, 0.3) is 0 Å². The van der Waals surface area contributed by atoms with E-state index in [2.05, 4.69) is 23.9 Å². The van der Waals surface area contributed by atoms with Crippen LogP contribution in [0.2, 0.25) is 0 Å². The molecule has 0 aromatic heterocycles. The van der Waals surface area contributed by atoms with Crippen LogP contribution in [0, 0.1) is 34.5 Å². The maximum Gasteiger partial charge on any atom is 0.155 e. The number of carbonyl (C=O) groups is 1. The molecule has 6 unspecified atom stereocenters. The van der Waals surface area contributed by atoms with Crippen LogP contribution in [0.4, 0.5) is 0 Å². The summed E-state index contributed by atoms with van der Waals surface area (Å²) in [5, 5.41) is 3.92. The largest absolute Gasteiger partial charge is 0.295 e. The van der Waals surface area contributed by atoms with E-state index in [4.69, 9.17) is 5.53 Å². The zero-order valence-electron chi connectivity index (χ0n) is 15.0. The average Bonchev–Trinajstić information content (AvgIpc) is 2.90. The highest BCUT2D eigenvalue weighted by atomic mass is 16.1. The van der Waals surface area contributed by atoms with E-state index in [1.165, 1.54) is 37.7 Å². The van der Waals surface area contributed by atoms with Gasteiger partial charge in [0.2, 0.25) is 0 Å². The molecule has 4 nitrogen and oxygen atoms in total. The highest BCUT2D eigenvalue weighted by Gasteiger charge is 2.58. The van der Waals surface area contributed by atoms with E-state index in [9.17, 15) is 4.79 Å². The molecule has 0 bridgehead atoms. The second kappa shape index (κ2) is 5.62. The van der Waals surface area contributed by atoms with Crippen LogP contribution in [0.5, 0.6) is 0 Å². The van der Waals surface area contributed by atoms with Crippen molar-refractivity contribution >= 4 is 5.78 Å². The number of ketones is 1. The third-order valence-corrected chi connectivity index (χ3v) is 8.52. The van der Waals surface area contributed by atoms with Crippen molar-refractivity contribution in [1.82, 2.24) is 0 Å². The predicted molar refractivity (Wildman–Crippen MR) is 94.2 cm³/mol. The van der Waals surface area contributed by atoms with E-state index < -0.39 is 0 Å². The topological polar surface area (TPSA) is 65.8 Å². The SMILES string of the molecule is CC12CCC(=O)C=C1CCC1C2CCC2(C)C(CN=[N+]=[N-])CCC12. The molecule has 4 aliphatic rings. The number of allylic oxidation sites excluding steroid dienone is 1. The molecule has 0 N–H and O–H groups in total. The normalized spacial score (nSPS) is 47.1. The fourth-order valence-corrected chi connectivity index (χ4v) is 7.10. The first kappa shape index (κ1) is 16.2. The summed E-state index contributed by atoms with van der Waals surface area (Å²) in [5.41, 5.74) is 10.8. The lowest BCUT2D eigenvalue weighted by Crippen LogP contribution is -2.50. The van der Waals surface area contributed by atoms with Crippen molar-refractivity contribution in [3.63, 3.8) is 0 Å². The maximum atomic E-state index is 11.9. The number of fused-ring (bicyclic) bond motifs is 5. The summed E-state index contributed by atoms with van der Waals surface area (Å²) < 4.78 is 0. The molecule has 0 saturated heterocycles. The van der Waals surface area contributed by atoms with Gasteiger partial charge in [0.15, 0.2) is 5.78 Å². The second-order valence-corrected chi connectivity index (χ2v) is 9.20. The number of nitrogens with zero attached hydrogens (tertiary/aromatic N) is 3. The average molecular weight is 327 g/mol. The minimum atomic E-state index is 0.265. The Morgan fingerprint density at radius 2 is 2.00 bits per heavy atom. The van der Waals surface area contributed by atoms with Crippen LogP contribution in [-0.2, 0) is 4.79 Å². The second-order valence-electron chi connectivity index (χ2n) is 9.20. The Bertz CT molecular complexity index is 635. The fraction of sp³-hybridized carbons (Fsp3) is 0.850. The molecule has 0 aromatic carbocycles. The van der Waals surface area contributed by atoms with Gasteiger partial charge in [0.05, 0.1) is 0 Å². The number of carbonyl (C=O) groups excluding carboxylic acids is 1. The summed E-state index contributed by atoms with van der Waals surface area (Å²) in [5.74, 6) is 3.25. The number of hydrogen-bond donors (Lipinski definition) is 0. The molecule has 4 rings (SSSR count). The molecule has 0 heterocycles. The first-order chi connectivity index (χ1) is 11.5. The van der Waals surface area contributed by atoms with Crippen molar-refractivity contribution in [2.24, 2.45) is 39.6 Å². The Labute approximate surface area is 144 Å². The summed E-state index contributed by atoms with van der Waals surface area (Å²) >= 11 is 0. The monoisotopic (exact) mass is 327 g/mol. The van der Waals surface area contributed by atoms with Crippen molar-refractivity contribution in [3.8, 4) is 0 Å². The quantitative estimate of drug-likeness (QED) is 0.378. The number of azide groups is 1. The van der Waals surface area contributed by atoms with Gasteiger partial charge in [-0.25, -0.2) is 0 Å². The van der Waals surface area contributed by atoms with E-state index in [1.807, 2.05) is 6.08 Å². The minimum Gasteiger partial charge on any atom is -0.295 e. The van der Waals surface area contributed by atoms with E-state index in [-0.39, 0.29) is 5.41 Å². The highest BCUT2D eigenvalue weighted by Crippen LogP contribution is 2.66. The lowest BCUT2D eigenvalue weighted by molar-refractivity contribution is -0.117. The van der Waals surface area contributed by atoms with Gasteiger partial charge in [-0.05, 0) is 91.1 Å². The van der Waals surface area contributed by atoms with Gasteiger partial charge in [0.1, 0.15) is 0 Å². The minimum absolute atomic E-state index is 0.265. The Morgan fingerprint density at radius 1 is 1.17 bits per heavy atom. The Balaban J connectivity index is 1.62. The molecule has 130 valence electrons. The van der Waals surface area contributed by atoms with Gasteiger partial charge < -0.3 is 0 Å². The third kappa shape index (κ3) is 2.19. The molecule has 0 spiro atoms. The highest BCUT2D eigenvalue weighted by molar-refractivity contribution is 5.91. The third-order valence-electron chi connectivity index (χ3n) is 8.52. The van der Waals surface area contributed by atoms with Crippen LogP contribution in [-0.4, -0.2) is 12.3 Å².